The summed E-state index contributed by atoms with van der Waals surface area (Å²) in [4.78, 5) is 0. The van der Waals surface area contributed by atoms with E-state index in [0.29, 0.717) is 0 Å². The molecule has 0 fully saturated rings. The zero-order valence-electron chi connectivity index (χ0n) is 13.2. The Morgan fingerprint density at radius 1 is 0.739 bits per heavy atom. The molecule has 1 aromatic heterocycles. The van der Waals surface area contributed by atoms with Gasteiger partial charge in [-0.1, -0.05) is 48.5 Å². The topological polar surface area (TPSA) is 8.81 Å². The molecule has 1 heterocycles. The molecule has 0 saturated carbocycles. The van der Waals surface area contributed by atoms with Crippen molar-refractivity contribution in [3.05, 3.63) is 84.9 Å². The van der Waals surface area contributed by atoms with Crippen LogP contribution in [-0.2, 0) is 6.54 Å². The number of hydrogen-bond acceptors (Lipinski definition) is 0. The maximum atomic E-state index is 2.39. The standard InChI is InChI=1S/C21H19N2/c1-2-22-19-15-9-10-16-20(19)23(18-13-7-4-8-14-18)21(22)17-11-5-3-6-12-17/h3-16H,2H2,1H3/q+1. The number of rotatable bonds is 3. The summed E-state index contributed by atoms with van der Waals surface area (Å²) in [5.41, 5.74) is 4.92. The number of hydrogen-bond donors (Lipinski definition) is 0. The molecular formula is C21H19N2+. The lowest BCUT2D eigenvalue weighted by Crippen LogP contribution is -2.34. The molecule has 0 saturated heterocycles. The Morgan fingerprint density at radius 3 is 2.04 bits per heavy atom. The number of imidazole rings is 1. The number of aryl methyl sites for hydroxylation is 1. The van der Waals surface area contributed by atoms with Crippen molar-refractivity contribution < 1.29 is 4.57 Å². The summed E-state index contributed by atoms with van der Waals surface area (Å²) in [6, 6.07) is 29.8. The smallest absolute Gasteiger partial charge is 0.223 e. The average Bonchev–Trinajstić information content (AvgIpc) is 2.97. The van der Waals surface area contributed by atoms with Crippen molar-refractivity contribution in [1.29, 1.82) is 0 Å². The van der Waals surface area contributed by atoms with E-state index in [1.165, 1.54) is 28.1 Å². The largest absolute Gasteiger partial charge is 0.295 e. The van der Waals surface area contributed by atoms with Crippen LogP contribution >= 0.6 is 0 Å². The lowest BCUT2D eigenvalue weighted by atomic mass is 10.2. The number of para-hydroxylation sites is 3. The van der Waals surface area contributed by atoms with E-state index < -0.39 is 0 Å². The average molecular weight is 299 g/mol. The fourth-order valence-corrected chi connectivity index (χ4v) is 3.26. The van der Waals surface area contributed by atoms with Gasteiger partial charge in [0.1, 0.15) is 5.69 Å². The summed E-state index contributed by atoms with van der Waals surface area (Å²) in [6.45, 7) is 3.14. The molecular weight excluding hydrogens is 280 g/mol. The Kier molecular flexibility index (Phi) is 3.43. The van der Waals surface area contributed by atoms with E-state index in [2.05, 4.69) is 101 Å². The molecule has 4 aromatic rings. The summed E-state index contributed by atoms with van der Waals surface area (Å²) in [5.74, 6) is 1.22. The highest BCUT2D eigenvalue weighted by Crippen LogP contribution is 2.27. The lowest BCUT2D eigenvalue weighted by Gasteiger charge is -2.04. The van der Waals surface area contributed by atoms with Crippen molar-refractivity contribution in [2.45, 2.75) is 13.5 Å². The monoisotopic (exact) mass is 299 g/mol. The molecule has 2 nitrogen and oxygen atoms in total. The van der Waals surface area contributed by atoms with Crippen LogP contribution in [0.25, 0.3) is 28.1 Å². The van der Waals surface area contributed by atoms with Crippen LogP contribution in [-0.4, -0.2) is 4.57 Å². The molecule has 23 heavy (non-hydrogen) atoms. The Morgan fingerprint density at radius 2 is 1.35 bits per heavy atom. The zero-order valence-corrected chi connectivity index (χ0v) is 13.2. The van der Waals surface area contributed by atoms with Gasteiger partial charge in [-0.25, -0.2) is 4.57 Å². The molecule has 0 aliphatic rings. The third kappa shape index (κ3) is 2.23. The van der Waals surface area contributed by atoms with Gasteiger partial charge in [0.15, 0.2) is 11.0 Å². The van der Waals surface area contributed by atoms with Crippen molar-refractivity contribution in [2.75, 3.05) is 0 Å². The molecule has 0 N–H and O–H groups in total. The van der Waals surface area contributed by atoms with Gasteiger partial charge in [0.05, 0.1) is 12.1 Å². The predicted molar refractivity (Wildman–Crippen MR) is 94.6 cm³/mol. The van der Waals surface area contributed by atoms with E-state index in [-0.39, 0.29) is 0 Å². The van der Waals surface area contributed by atoms with Gasteiger partial charge < -0.3 is 0 Å². The van der Waals surface area contributed by atoms with E-state index >= 15 is 0 Å². The maximum Gasteiger partial charge on any atom is 0.295 e. The number of fused-ring (bicyclic) bond motifs is 1. The van der Waals surface area contributed by atoms with E-state index in [1.54, 1.807) is 0 Å². The van der Waals surface area contributed by atoms with Crippen molar-refractivity contribution in [3.63, 3.8) is 0 Å². The fraction of sp³-hybridized carbons (Fsp3) is 0.0952. The van der Waals surface area contributed by atoms with Gasteiger partial charge in [-0.05, 0) is 43.3 Å². The molecule has 0 aliphatic heterocycles. The maximum absolute atomic E-state index is 2.39. The summed E-state index contributed by atoms with van der Waals surface area (Å²) in [6.07, 6.45) is 0. The molecule has 0 radical (unpaired) electrons. The van der Waals surface area contributed by atoms with Crippen LogP contribution in [0.4, 0.5) is 0 Å². The van der Waals surface area contributed by atoms with E-state index in [9.17, 15) is 0 Å². The molecule has 0 bridgehead atoms. The molecule has 3 aromatic carbocycles. The van der Waals surface area contributed by atoms with Gasteiger partial charge in [-0.15, -0.1) is 0 Å². The van der Waals surface area contributed by atoms with Crippen LogP contribution in [0.3, 0.4) is 0 Å². The molecule has 2 heteroatoms. The highest BCUT2D eigenvalue weighted by molar-refractivity contribution is 5.78. The normalized spacial score (nSPS) is 11.0. The van der Waals surface area contributed by atoms with E-state index in [0.717, 1.165) is 6.54 Å². The van der Waals surface area contributed by atoms with Crippen molar-refractivity contribution in [1.82, 2.24) is 4.57 Å². The van der Waals surface area contributed by atoms with Crippen molar-refractivity contribution in [2.24, 2.45) is 0 Å². The van der Waals surface area contributed by atoms with E-state index in [4.69, 9.17) is 0 Å². The summed E-state index contributed by atoms with van der Waals surface area (Å²) in [5, 5.41) is 0. The molecule has 0 unspecified atom stereocenters. The third-order valence-electron chi connectivity index (χ3n) is 4.24. The highest BCUT2D eigenvalue weighted by Gasteiger charge is 2.26. The molecule has 0 aliphatic carbocycles. The van der Waals surface area contributed by atoms with Crippen molar-refractivity contribution in [3.8, 4) is 17.1 Å². The van der Waals surface area contributed by atoms with E-state index in [1.807, 2.05) is 0 Å². The Hall–Kier alpha value is -2.87. The second kappa shape index (κ2) is 5.73. The Bertz CT molecular complexity index is 938. The van der Waals surface area contributed by atoms with Crippen LogP contribution in [0.1, 0.15) is 6.92 Å². The van der Waals surface area contributed by atoms with Crippen LogP contribution in [0.15, 0.2) is 84.9 Å². The number of nitrogens with zero attached hydrogens (tertiary/aromatic N) is 2. The number of benzene rings is 3. The molecule has 0 amide bonds. The van der Waals surface area contributed by atoms with Crippen LogP contribution < -0.4 is 4.57 Å². The van der Waals surface area contributed by atoms with Gasteiger partial charge in [-0.2, -0.15) is 4.57 Å². The number of aromatic nitrogens is 2. The molecule has 0 spiro atoms. The fourth-order valence-electron chi connectivity index (χ4n) is 3.26. The first-order chi connectivity index (χ1) is 11.4. The van der Waals surface area contributed by atoms with Gasteiger partial charge in [0, 0.05) is 0 Å². The minimum absolute atomic E-state index is 0.935. The molecule has 4 rings (SSSR count). The highest BCUT2D eigenvalue weighted by atomic mass is 15.2. The van der Waals surface area contributed by atoms with Gasteiger partial charge in [0.2, 0.25) is 0 Å². The SMILES string of the molecule is CC[n+]1c(-c2ccccc2)n(-c2ccccc2)c2ccccc21. The molecule has 0 atom stereocenters. The second-order valence-electron chi connectivity index (χ2n) is 5.59. The first-order valence-electron chi connectivity index (χ1n) is 8.04. The first-order valence-corrected chi connectivity index (χ1v) is 8.04. The van der Waals surface area contributed by atoms with Gasteiger partial charge in [-0.3, -0.25) is 0 Å². The third-order valence-corrected chi connectivity index (χ3v) is 4.24. The van der Waals surface area contributed by atoms with Crippen LogP contribution in [0, 0.1) is 0 Å². The first kappa shape index (κ1) is 13.8. The minimum Gasteiger partial charge on any atom is -0.223 e. The quantitative estimate of drug-likeness (QED) is 0.489. The Labute approximate surface area is 136 Å². The minimum atomic E-state index is 0.935. The van der Waals surface area contributed by atoms with Crippen LogP contribution in [0.5, 0.6) is 0 Å². The predicted octanol–water partition coefficient (Wildman–Crippen LogP) is 4.60. The lowest BCUT2D eigenvalue weighted by molar-refractivity contribution is -0.657. The summed E-state index contributed by atoms with van der Waals surface area (Å²) in [7, 11) is 0. The van der Waals surface area contributed by atoms with Crippen LogP contribution in [0.2, 0.25) is 0 Å². The van der Waals surface area contributed by atoms with Gasteiger partial charge in [0.25, 0.3) is 5.82 Å². The second-order valence-corrected chi connectivity index (χ2v) is 5.59. The van der Waals surface area contributed by atoms with Gasteiger partial charge >= 0.3 is 0 Å². The van der Waals surface area contributed by atoms with Crippen molar-refractivity contribution >= 4 is 11.0 Å². The Balaban J connectivity index is 2.15. The molecule has 112 valence electrons. The zero-order chi connectivity index (χ0) is 15.6. The summed E-state index contributed by atoms with van der Waals surface area (Å²) >= 11 is 0. The summed E-state index contributed by atoms with van der Waals surface area (Å²) < 4.78 is 4.74.